The highest BCUT2D eigenvalue weighted by atomic mass is 16.2. The Balaban J connectivity index is 1.39. The summed E-state index contributed by atoms with van der Waals surface area (Å²) in [5, 5.41) is 3.43. The molecule has 0 saturated heterocycles. The summed E-state index contributed by atoms with van der Waals surface area (Å²) in [6, 6.07) is 14.4. The molecule has 33 heavy (non-hydrogen) atoms. The minimum Gasteiger partial charge on any atom is -0.381 e. The number of nitrogens with one attached hydrogen (secondary N) is 1. The molecule has 0 radical (unpaired) electrons. The average Bonchev–Trinajstić information content (AvgIpc) is 3.55. The van der Waals surface area contributed by atoms with Crippen LogP contribution in [0.4, 0.5) is 5.69 Å². The molecule has 6 heteroatoms. The van der Waals surface area contributed by atoms with Crippen molar-refractivity contribution in [3.63, 3.8) is 0 Å². The summed E-state index contributed by atoms with van der Waals surface area (Å²) in [6.07, 6.45) is 12.5. The average molecular weight is 436 g/mol. The zero-order valence-electron chi connectivity index (χ0n) is 18.7. The summed E-state index contributed by atoms with van der Waals surface area (Å²) < 4.78 is 2.13. The van der Waals surface area contributed by atoms with Crippen LogP contribution in [0.25, 0.3) is 23.0 Å². The van der Waals surface area contributed by atoms with Gasteiger partial charge in [0.25, 0.3) is 5.91 Å². The van der Waals surface area contributed by atoms with Crippen LogP contribution in [0.15, 0.2) is 67.1 Å². The van der Waals surface area contributed by atoms with E-state index in [2.05, 4.69) is 56.2 Å². The van der Waals surface area contributed by atoms with Gasteiger partial charge in [-0.3, -0.25) is 9.20 Å². The van der Waals surface area contributed by atoms with Crippen LogP contribution in [-0.4, -0.2) is 45.8 Å². The van der Waals surface area contributed by atoms with Crippen molar-refractivity contribution in [2.75, 3.05) is 26.0 Å². The number of fused-ring (bicyclic) bond motifs is 2. The Morgan fingerprint density at radius 3 is 2.58 bits per heavy atom. The number of anilines is 1. The van der Waals surface area contributed by atoms with Crippen LogP contribution >= 0.6 is 0 Å². The fourth-order valence-electron chi connectivity index (χ4n) is 4.77. The van der Waals surface area contributed by atoms with Gasteiger partial charge >= 0.3 is 0 Å². The number of carbonyl (C=O) groups is 1. The first-order valence-electron chi connectivity index (χ1n) is 11.3. The molecular weight excluding hydrogens is 410 g/mol. The van der Waals surface area contributed by atoms with Crippen molar-refractivity contribution in [3.05, 3.63) is 89.5 Å². The van der Waals surface area contributed by atoms with Crippen LogP contribution in [0.2, 0.25) is 0 Å². The lowest BCUT2D eigenvalue weighted by Gasteiger charge is -2.20. The third-order valence-electron chi connectivity index (χ3n) is 6.79. The summed E-state index contributed by atoms with van der Waals surface area (Å²) in [6.45, 7) is 0.878. The lowest BCUT2D eigenvalue weighted by molar-refractivity contribution is 0.0827. The number of carbonyl (C=O) groups excluding carboxylic acids is 1. The van der Waals surface area contributed by atoms with Crippen LogP contribution in [0.5, 0.6) is 0 Å². The molecule has 1 saturated carbocycles. The molecule has 4 aromatic rings. The molecule has 0 bridgehead atoms. The van der Waals surface area contributed by atoms with Crippen LogP contribution in [0, 0.1) is 0 Å². The maximum absolute atomic E-state index is 12.2. The number of amides is 1. The minimum atomic E-state index is -0.0258. The first-order valence-corrected chi connectivity index (χ1v) is 11.3. The van der Waals surface area contributed by atoms with Gasteiger partial charge in [-0.25, -0.2) is 9.97 Å². The van der Waals surface area contributed by atoms with E-state index in [4.69, 9.17) is 0 Å². The molecule has 2 aliphatic rings. The molecule has 6 rings (SSSR count). The van der Waals surface area contributed by atoms with Crippen molar-refractivity contribution in [1.29, 1.82) is 0 Å². The maximum atomic E-state index is 12.2. The van der Waals surface area contributed by atoms with Gasteiger partial charge in [-0.15, -0.1) is 0 Å². The van der Waals surface area contributed by atoms with Crippen molar-refractivity contribution < 1.29 is 4.79 Å². The first-order chi connectivity index (χ1) is 16.0. The van der Waals surface area contributed by atoms with E-state index in [1.807, 2.05) is 36.7 Å². The number of hydrogen-bond acceptors (Lipinski definition) is 4. The summed E-state index contributed by atoms with van der Waals surface area (Å²) in [4.78, 5) is 23.0. The Morgan fingerprint density at radius 2 is 1.82 bits per heavy atom. The summed E-state index contributed by atoms with van der Waals surface area (Å²) in [5.74, 6) is 0.705. The van der Waals surface area contributed by atoms with E-state index in [0.29, 0.717) is 11.3 Å². The highest BCUT2D eigenvalue weighted by Crippen LogP contribution is 2.54. The number of aromatic nitrogens is 3. The van der Waals surface area contributed by atoms with Gasteiger partial charge in [0.2, 0.25) is 5.78 Å². The van der Waals surface area contributed by atoms with Gasteiger partial charge < -0.3 is 10.2 Å². The summed E-state index contributed by atoms with van der Waals surface area (Å²) >= 11 is 0. The Labute approximate surface area is 192 Å². The van der Waals surface area contributed by atoms with E-state index in [1.54, 1.807) is 19.0 Å². The van der Waals surface area contributed by atoms with Gasteiger partial charge in [0.05, 0.1) is 11.9 Å². The Morgan fingerprint density at radius 1 is 1.03 bits per heavy atom. The lowest BCUT2D eigenvalue weighted by Crippen LogP contribution is -2.21. The third-order valence-corrected chi connectivity index (χ3v) is 6.79. The molecule has 2 aromatic carbocycles. The number of imidazole rings is 1. The van der Waals surface area contributed by atoms with Crippen molar-refractivity contribution in [2.45, 2.75) is 18.3 Å². The smallest absolute Gasteiger partial charge is 0.253 e. The Kier molecular flexibility index (Phi) is 4.37. The fourth-order valence-corrected chi connectivity index (χ4v) is 4.77. The molecule has 0 spiro atoms. The van der Waals surface area contributed by atoms with E-state index in [1.165, 1.54) is 22.5 Å². The van der Waals surface area contributed by atoms with E-state index < -0.39 is 0 Å². The second-order valence-electron chi connectivity index (χ2n) is 9.10. The lowest BCUT2D eigenvalue weighted by atomic mass is 9.90. The highest BCUT2D eigenvalue weighted by Gasteiger charge is 2.48. The van der Waals surface area contributed by atoms with Crippen LogP contribution in [-0.2, 0) is 5.41 Å². The quantitative estimate of drug-likeness (QED) is 0.508. The minimum absolute atomic E-state index is 0.00204. The van der Waals surface area contributed by atoms with Crippen molar-refractivity contribution in [2.24, 2.45) is 0 Å². The standard InChI is InChI=1S/C27H25N5O/c1-31(2)25(33)19-7-5-18(6-8-19)21-15-29-26-30-16-24(32(26)17-21)27(11-12-27)22-9-10-23-20(14-22)4-3-13-28-23/h3-10,14-17,28H,11-13H2,1-2H3. The molecule has 1 fully saturated rings. The monoisotopic (exact) mass is 435 g/mol. The van der Waals surface area contributed by atoms with Gasteiger partial charge in [-0.05, 0) is 53.8 Å². The summed E-state index contributed by atoms with van der Waals surface area (Å²) in [7, 11) is 3.52. The zero-order chi connectivity index (χ0) is 22.6. The number of rotatable bonds is 4. The van der Waals surface area contributed by atoms with Crippen molar-refractivity contribution in [3.8, 4) is 11.1 Å². The number of hydrogen-bond donors (Lipinski definition) is 1. The molecule has 0 atom stereocenters. The largest absolute Gasteiger partial charge is 0.381 e. The normalized spacial score (nSPS) is 15.7. The molecule has 6 nitrogen and oxygen atoms in total. The summed E-state index contributed by atoms with van der Waals surface area (Å²) in [5.41, 5.74) is 7.61. The van der Waals surface area contributed by atoms with E-state index in [-0.39, 0.29) is 11.3 Å². The van der Waals surface area contributed by atoms with Gasteiger partial charge in [0, 0.05) is 55.3 Å². The third kappa shape index (κ3) is 3.21. The van der Waals surface area contributed by atoms with Gasteiger partial charge in [-0.2, -0.15) is 0 Å². The molecule has 2 aromatic heterocycles. The van der Waals surface area contributed by atoms with Crippen LogP contribution in [0.3, 0.4) is 0 Å². The van der Waals surface area contributed by atoms with E-state index in [9.17, 15) is 4.79 Å². The first kappa shape index (κ1) is 19.7. The van der Waals surface area contributed by atoms with Crippen LogP contribution < -0.4 is 5.32 Å². The highest BCUT2D eigenvalue weighted by molar-refractivity contribution is 5.94. The molecule has 164 valence electrons. The van der Waals surface area contributed by atoms with Gasteiger partial charge in [0.1, 0.15) is 0 Å². The molecule has 1 N–H and O–H groups in total. The molecule has 1 aliphatic heterocycles. The maximum Gasteiger partial charge on any atom is 0.253 e. The van der Waals surface area contributed by atoms with Crippen LogP contribution in [0.1, 0.15) is 40.0 Å². The predicted molar refractivity (Wildman–Crippen MR) is 130 cm³/mol. The van der Waals surface area contributed by atoms with E-state index in [0.717, 1.165) is 30.5 Å². The topological polar surface area (TPSA) is 62.5 Å². The van der Waals surface area contributed by atoms with Gasteiger partial charge in [-0.1, -0.05) is 30.4 Å². The molecule has 0 unspecified atom stereocenters. The molecular formula is C27H25N5O. The SMILES string of the molecule is CN(C)C(=O)c1ccc(-c2cnc3ncc(C4(c5ccc6c(c5)C=CCN6)CC4)n3c2)cc1. The molecule has 1 aliphatic carbocycles. The Bertz CT molecular complexity index is 1410. The Hall–Kier alpha value is -3.93. The second-order valence-corrected chi connectivity index (χ2v) is 9.10. The predicted octanol–water partition coefficient (Wildman–Crippen LogP) is 4.62. The van der Waals surface area contributed by atoms with Crippen molar-refractivity contribution in [1.82, 2.24) is 19.3 Å². The van der Waals surface area contributed by atoms with E-state index >= 15 is 0 Å². The fraction of sp³-hybridized carbons (Fsp3) is 0.222. The second kappa shape index (κ2) is 7.30. The molecule has 3 heterocycles. The molecule has 1 amide bonds. The zero-order valence-corrected chi connectivity index (χ0v) is 18.7. The van der Waals surface area contributed by atoms with Crippen molar-refractivity contribution >= 4 is 23.4 Å². The number of nitrogens with zero attached hydrogens (tertiary/aromatic N) is 4. The number of benzene rings is 2. The van der Waals surface area contributed by atoms with Gasteiger partial charge in [0.15, 0.2) is 0 Å².